The largest absolute Gasteiger partial charge is 0.216 e. The van der Waals surface area contributed by atoms with Crippen molar-refractivity contribution in [1.82, 2.24) is 0 Å². The minimum Gasteiger partial charge on any atom is -0.201 e. The summed E-state index contributed by atoms with van der Waals surface area (Å²) < 4.78 is 162. The Morgan fingerprint density at radius 2 is 0.735 bits per heavy atom. The smallest absolute Gasteiger partial charge is 0.201 e. The van der Waals surface area contributed by atoms with Crippen LogP contribution in [0.15, 0.2) is 183 Å². The van der Waals surface area contributed by atoms with Crippen molar-refractivity contribution in [2.24, 2.45) is 35.2 Å². The van der Waals surface area contributed by atoms with Gasteiger partial charge in [-0.3, -0.25) is 0 Å². The minimum absolute atomic E-state index is 0.144. The van der Waals surface area contributed by atoms with E-state index in [1.165, 1.54) is 135 Å². The fourth-order valence-corrected chi connectivity index (χ4v) is 14.0. The second-order valence-corrected chi connectivity index (χ2v) is 27.2. The average molecular weight is 1330 g/mol. The molecule has 5 nitrogen and oxygen atoms in total. The number of pyridine rings is 5. The van der Waals surface area contributed by atoms with Crippen molar-refractivity contribution in [3.8, 4) is 56.3 Å². The third kappa shape index (κ3) is 18.6. The van der Waals surface area contributed by atoms with Crippen molar-refractivity contribution >= 4 is 0 Å². The predicted molar refractivity (Wildman–Crippen MR) is 416 cm³/mol. The Kier molecular flexibility index (Phi) is 18.9. The molecule has 2 aliphatic carbocycles. The molecule has 5 aromatic heterocycles. The van der Waals surface area contributed by atoms with E-state index in [9.17, 15) is 0 Å². The first-order valence-electron chi connectivity index (χ1n) is 44.5. The molecule has 0 bridgehead atoms. The van der Waals surface area contributed by atoms with Gasteiger partial charge in [-0.25, -0.2) is 22.8 Å². The van der Waals surface area contributed by atoms with Gasteiger partial charge < -0.3 is 0 Å². The van der Waals surface area contributed by atoms with Crippen LogP contribution >= 0.6 is 0 Å². The topological polar surface area (TPSA) is 19.4 Å². The molecular formula is C93H122N5+5. The number of hydrogen-bond acceptors (Lipinski definition) is 0. The Morgan fingerprint density at radius 1 is 0.388 bits per heavy atom. The summed E-state index contributed by atoms with van der Waals surface area (Å²) in [6.07, 6.45) is 18.3. The highest BCUT2D eigenvalue weighted by molar-refractivity contribution is 5.67. The average Bonchev–Trinajstić information content (AvgIpc) is 0.758. The van der Waals surface area contributed by atoms with Crippen LogP contribution in [0.25, 0.3) is 56.3 Å². The second kappa shape index (κ2) is 35.1. The van der Waals surface area contributed by atoms with E-state index in [1.807, 2.05) is 99.1 Å². The van der Waals surface area contributed by atoms with Gasteiger partial charge in [0.1, 0.15) is 35.2 Å². The first kappa shape index (κ1) is 52.8. The Morgan fingerprint density at radius 3 is 1.14 bits per heavy atom. The Balaban J connectivity index is 0.000000183. The van der Waals surface area contributed by atoms with Gasteiger partial charge >= 0.3 is 0 Å². The molecule has 0 spiro atoms. The number of aryl methyl sites for hydroxylation is 14. The molecule has 514 valence electrons. The molecule has 2 fully saturated rings. The molecular weight excluding hydrogens is 1190 g/mol. The van der Waals surface area contributed by atoms with Crippen LogP contribution in [0.2, 0.25) is 0 Å². The van der Waals surface area contributed by atoms with E-state index in [0.29, 0.717) is 17.7 Å². The summed E-state index contributed by atoms with van der Waals surface area (Å²) in [5.41, 5.74) is 23.8. The molecule has 0 amide bonds. The van der Waals surface area contributed by atoms with Crippen LogP contribution in [-0.2, 0) is 48.0 Å². The molecule has 2 saturated carbocycles. The van der Waals surface area contributed by atoms with Gasteiger partial charge in [0.15, 0.2) is 31.0 Å². The fraction of sp³-hybridized carbons (Fsp3) is 0.409. The monoisotopic (exact) mass is 1330 g/mol. The van der Waals surface area contributed by atoms with E-state index in [4.69, 9.17) is 26.0 Å². The maximum absolute atomic E-state index is 8.76. The van der Waals surface area contributed by atoms with Crippen LogP contribution in [0.3, 0.4) is 0 Å². The van der Waals surface area contributed by atoms with Crippen LogP contribution in [0.4, 0.5) is 0 Å². The maximum atomic E-state index is 8.76. The standard InChI is InChI=1S/2C19H24N.C19H26N.2C18H24N/c2*1-14-8-4-7-11-17(14)19-12-15(2)18(13-20(19)3)16-9-5-6-10-16;1-13(2)16-11-18(14(3)4)19(20(6)12-16)17-10-8-7-9-15(17)5;2*1-6-15-11-18(16-10-8-7-9-14(16)4)19(5)12-17(15)13(2)3/h2*4,7-8,11-13,16H,5-6,9-10H2,1-3H3;7-14H,1-6H3;2*7-13H,6H2,1-5H3/q5*+1/i16D;;1D3,3D3,13D,14D;2D3,6D2,13D;2D3,13D. The molecule has 12 rings (SSSR count). The fourth-order valence-electron chi connectivity index (χ4n) is 14.0. The van der Waals surface area contributed by atoms with Gasteiger partial charge in [0.05, 0.1) is 0 Å². The van der Waals surface area contributed by atoms with Gasteiger partial charge in [0.2, 0.25) is 28.5 Å². The summed E-state index contributed by atoms with van der Waals surface area (Å²) >= 11 is 0. The molecule has 10 aromatic rings. The summed E-state index contributed by atoms with van der Waals surface area (Å²) in [5.74, 6) is -7.06. The molecule has 5 heteroatoms. The molecule has 4 unspecified atom stereocenters. The molecule has 4 atom stereocenters. The lowest BCUT2D eigenvalue weighted by Crippen LogP contribution is -2.33. The Labute approximate surface area is 621 Å². The van der Waals surface area contributed by atoms with Gasteiger partial charge in [-0.05, 0) is 209 Å². The first-order valence-corrected chi connectivity index (χ1v) is 35.0. The summed E-state index contributed by atoms with van der Waals surface area (Å²) in [6, 6.07) is 50.2. The molecule has 0 N–H and O–H groups in total. The second-order valence-electron chi connectivity index (χ2n) is 27.2. The van der Waals surface area contributed by atoms with Crippen molar-refractivity contribution in [3.05, 3.63) is 266 Å². The number of hydrogen-bond donors (Lipinski definition) is 0. The number of aromatic nitrogens is 5. The third-order valence-corrected chi connectivity index (χ3v) is 19.6. The zero-order valence-electron chi connectivity index (χ0n) is 81.0. The van der Waals surface area contributed by atoms with Crippen LogP contribution in [0.1, 0.15) is 265 Å². The Hall–Kier alpha value is -8.15. The third-order valence-electron chi connectivity index (χ3n) is 19.6. The van der Waals surface area contributed by atoms with Gasteiger partial charge in [-0.15, -0.1) is 0 Å². The maximum Gasteiger partial charge on any atom is 0.216 e. The van der Waals surface area contributed by atoms with E-state index in [1.54, 1.807) is 53.4 Å². The lowest BCUT2D eigenvalue weighted by Gasteiger charge is -2.15. The van der Waals surface area contributed by atoms with Crippen LogP contribution in [-0.4, -0.2) is 0 Å². The van der Waals surface area contributed by atoms with Gasteiger partial charge in [0.25, 0.3) is 0 Å². The normalized spacial score (nSPS) is 19.3. The number of nitrogens with zero attached hydrogens (tertiary/aromatic N) is 5. The number of rotatable bonds is 13. The SMILES string of the molecule is Cc1ccccc1-c1cc(C)c(C2CCCC2)c[n+]1C.[2H]C([2H])(C)c1cc(-c2ccccc2C)[n+](C)cc1C([2H])(C)C([2H])([2H])[2H].[2H]C([2H])([2H])C([2H])(C)c1c[n+](C)c(-c2ccccc2C)cc1CC.[2H]C([2H])([2H])C([2H])(C)c1cc(C([2H])(C)C([2H])([2H])[2H])c(-c2ccccc2C)[n+](C)c1.[2H]C1(c2c[n+](C)c(-c3ccccc3C)cc2C)CCCC1. The predicted octanol–water partition coefficient (Wildman–Crippen LogP) is 22.0. The molecule has 2 aliphatic rings. The van der Waals surface area contributed by atoms with Crippen LogP contribution < -0.4 is 22.8 Å². The van der Waals surface area contributed by atoms with Crippen molar-refractivity contribution in [2.45, 2.75) is 217 Å². The summed E-state index contributed by atoms with van der Waals surface area (Å²) in [5, 5.41) is 0. The highest BCUT2D eigenvalue weighted by Crippen LogP contribution is 2.38. The molecule has 5 aromatic carbocycles. The lowest BCUT2D eigenvalue weighted by atomic mass is 9.91. The molecule has 0 aliphatic heterocycles. The van der Waals surface area contributed by atoms with Gasteiger partial charge in [0, 0.05) is 112 Å². The van der Waals surface area contributed by atoms with Crippen molar-refractivity contribution in [3.63, 3.8) is 0 Å². The molecule has 5 heterocycles. The van der Waals surface area contributed by atoms with Crippen molar-refractivity contribution < 1.29 is 48.9 Å². The zero-order chi connectivity index (χ0) is 87.5. The molecule has 98 heavy (non-hydrogen) atoms. The van der Waals surface area contributed by atoms with E-state index in [0.717, 1.165) is 63.5 Å². The quantitative estimate of drug-likeness (QED) is 0.103. The van der Waals surface area contributed by atoms with E-state index < -0.39 is 57.4 Å². The number of benzene rings is 5. The van der Waals surface area contributed by atoms with E-state index in [-0.39, 0.29) is 28.1 Å². The van der Waals surface area contributed by atoms with E-state index >= 15 is 0 Å². The van der Waals surface area contributed by atoms with Crippen LogP contribution in [0.5, 0.6) is 0 Å². The summed E-state index contributed by atoms with van der Waals surface area (Å²) in [6.45, 7) is 13.3. The molecule has 0 radical (unpaired) electrons. The lowest BCUT2D eigenvalue weighted by molar-refractivity contribution is -0.661. The Bertz CT molecular complexity index is 5160. The van der Waals surface area contributed by atoms with Gasteiger partial charge in [-0.2, -0.15) is 0 Å². The summed E-state index contributed by atoms with van der Waals surface area (Å²) in [4.78, 5) is 0. The first-order chi connectivity index (χ1) is 54.0. The minimum atomic E-state index is -2.64. The highest BCUT2D eigenvalue weighted by Gasteiger charge is 2.27. The van der Waals surface area contributed by atoms with Crippen molar-refractivity contribution in [2.75, 3.05) is 0 Å². The highest BCUT2D eigenvalue weighted by atomic mass is 14.9. The summed E-state index contributed by atoms with van der Waals surface area (Å²) in [7, 11) is 9.65. The van der Waals surface area contributed by atoms with E-state index in [2.05, 4.69) is 143 Å². The van der Waals surface area contributed by atoms with Crippen molar-refractivity contribution in [1.29, 1.82) is 0 Å². The zero-order valence-corrected chi connectivity index (χ0v) is 62.0. The molecule has 0 saturated heterocycles. The van der Waals surface area contributed by atoms with Gasteiger partial charge in [-0.1, -0.05) is 186 Å². The van der Waals surface area contributed by atoms with Crippen LogP contribution in [0, 0.1) is 48.5 Å².